The molecule has 3 heterocycles. The van der Waals surface area contributed by atoms with Gasteiger partial charge in [0.1, 0.15) is 11.4 Å². The molecule has 0 atom stereocenters. The first kappa shape index (κ1) is 18.2. The average molecular weight is 371 g/mol. The van der Waals surface area contributed by atoms with E-state index < -0.39 is 0 Å². The number of benzene rings is 1. The van der Waals surface area contributed by atoms with Gasteiger partial charge in [0.15, 0.2) is 0 Å². The maximum absolute atomic E-state index is 12.5. The highest BCUT2D eigenvalue weighted by Crippen LogP contribution is 2.44. The minimum atomic E-state index is -0.321. The number of carbonyl (C=O) groups excluding carboxylic acids is 1. The lowest BCUT2D eigenvalue weighted by atomic mass is 9.83. The summed E-state index contributed by atoms with van der Waals surface area (Å²) >= 11 is 0. The molecule has 2 amide bonds. The summed E-state index contributed by atoms with van der Waals surface area (Å²) in [6, 6.07) is 6.17. The van der Waals surface area contributed by atoms with Gasteiger partial charge in [0, 0.05) is 29.5 Å². The van der Waals surface area contributed by atoms with Gasteiger partial charge in [-0.1, -0.05) is 0 Å². The molecule has 4 rings (SSSR count). The molecule has 2 aliphatic heterocycles. The number of ether oxygens (including phenoxy) is 2. The molecule has 0 bridgehead atoms. The molecular formula is C21H29N3O3. The van der Waals surface area contributed by atoms with Crippen LogP contribution in [0, 0.1) is 0 Å². The average Bonchev–Trinajstić information content (AvgIpc) is 3.00. The first-order chi connectivity index (χ1) is 12.8. The minimum absolute atomic E-state index is 0.00904. The van der Waals surface area contributed by atoms with Crippen LogP contribution in [0.2, 0.25) is 0 Å². The van der Waals surface area contributed by atoms with Crippen LogP contribution in [0.5, 0.6) is 5.75 Å². The molecule has 1 aromatic heterocycles. The second-order valence-electron chi connectivity index (χ2n) is 8.65. The summed E-state index contributed by atoms with van der Waals surface area (Å²) in [5, 5.41) is 4.28. The Morgan fingerprint density at radius 3 is 2.70 bits per heavy atom. The lowest BCUT2D eigenvalue weighted by molar-refractivity contribution is -0.0949. The van der Waals surface area contributed by atoms with Gasteiger partial charge < -0.3 is 24.7 Å². The van der Waals surface area contributed by atoms with E-state index in [1.807, 2.05) is 31.7 Å². The number of methoxy groups -OCH3 is 1. The third kappa shape index (κ3) is 3.27. The number of nitrogens with zero attached hydrogens (tertiary/aromatic N) is 1. The van der Waals surface area contributed by atoms with Crippen LogP contribution in [0.15, 0.2) is 18.2 Å². The van der Waals surface area contributed by atoms with Crippen LogP contribution in [0.4, 0.5) is 4.79 Å². The smallest absolute Gasteiger partial charge is 0.317 e. The van der Waals surface area contributed by atoms with E-state index in [1.165, 1.54) is 16.6 Å². The standard InChI is InChI=1S/C21H29N3O3/c1-20(2,3)23-19(25)24-10-8-21(9-11-24)18-15(7-12-27-21)16-13-14(26-4)5-6-17(16)22-18/h5-6,13,22H,7-12H2,1-4H3,(H,23,25). The molecule has 2 N–H and O–H groups in total. The summed E-state index contributed by atoms with van der Waals surface area (Å²) < 4.78 is 11.7. The molecule has 2 aromatic rings. The van der Waals surface area contributed by atoms with Gasteiger partial charge in [-0.05, 0) is 63.8 Å². The number of piperidine rings is 1. The number of nitrogens with one attached hydrogen (secondary N) is 2. The second-order valence-corrected chi connectivity index (χ2v) is 8.65. The summed E-state index contributed by atoms with van der Waals surface area (Å²) in [5.41, 5.74) is 3.10. The summed E-state index contributed by atoms with van der Waals surface area (Å²) in [6.07, 6.45) is 2.52. The molecule has 1 spiro atoms. The van der Waals surface area contributed by atoms with E-state index in [-0.39, 0.29) is 17.2 Å². The molecular weight excluding hydrogens is 342 g/mol. The Kier molecular flexibility index (Phi) is 4.34. The van der Waals surface area contributed by atoms with Crippen LogP contribution >= 0.6 is 0 Å². The van der Waals surface area contributed by atoms with Crippen molar-refractivity contribution in [2.24, 2.45) is 0 Å². The number of aromatic amines is 1. The molecule has 1 fully saturated rings. The summed E-state index contributed by atoms with van der Waals surface area (Å²) in [4.78, 5) is 18.0. The number of hydrogen-bond donors (Lipinski definition) is 2. The van der Waals surface area contributed by atoms with Crippen molar-refractivity contribution in [3.8, 4) is 5.75 Å². The maximum Gasteiger partial charge on any atom is 0.317 e. The number of rotatable bonds is 1. The van der Waals surface area contributed by atoms with Gasteiger partial charge in [-0.3, -0.25) is 0 Å². The number of fused-ring (bicyclic) bond motifs is 4. The van der Waals surface area contributed by atoms with E-state index in [9.17, 15) is 4.79 Å². The third-order valence-electron chi connectivity index (χ3n) is 5.64. The fourth-order valence-corrected chi connectivity index (χ4v) is 4.29. The van der Waals surface area contributed by atoms with Gasteiger partial charge in [0.05, 0.1) is 19.4 Å². The Bertz CT molecular complexity index is 857. The van der Waals surface area contributed by atoms with Crippen LogP contribution in [0.1, 0.15) is 44.9 Å². The molecule has 6 heteroatoms. The Balaban J connectivity index is 1.59. The monoisotopic (exact) mass is 371 g/mol. The number of amides is 2. The van der Waals surface area contributed by atoms with Crippen molar-refractivity contribution in [3.05, 3.63) is 29.5 Å². The minimum Gasteiger partial charge on any atom is -0.497 e. The van der Waals surface area contributed by atoms with Gasteiger partial charge in [0.2, 0.25) is 0 Å². The molecule has 1 saturated heterocycles. The lowest BCUT2D eigenvalue weighted by Gasteiger charge is -2.44. The van der Waals surface area contributed by atoms with E-state index >= 15 is 0 Å². The number of urea groups is 1. The first-order valence-corrected chi connectivity index (χ1v) is 9.71. The van der Waals surface area contributed by atoms with Crippen molar-refractivity contribution < 1.29 is 14.3 Å². The van der Waals surface area contributed by atoms with Crippen LogP contribution in [-0.2, 0) is 16.8 Å². The highest BCUT2D eigenvalue weighted by molar-refractivity contribution is 5.86. The fourth-order valence-electron chi connectivity index (χ4n) is 4.29. The molecule has 2 aliphatic rings. The Labute approximate surface area is 160 Å². The third-order valence-corrected chi connectivity index (χ3v) is 5.64. The highest BCUT2D eigenvalue weighted by atomic mass is 16.5. The van der Waals surface area contributed by atoms with Crippen LogP contribution < -0.4 is 10.1 Å². The van der Waals surface area contributed by atoms with Crippen molar-refractivity contribution >= 4 is 16.9 Å². The van der Waals surface area contributed by atoms with Crippen molar-refractivity contribution in [1.29, 1.82) is 0 Å². The zero-order chi connectivity index (χ0) is 19.2. The normalized spacial score (nSPS) is 19.2. The molecule has 0 saturated carbocycles. The van der Waals surface area contributed by atoms with E-state index in [0.717, 1.165) is 30.5 Å². The molecule has 6 nitrogen and oxygen atoms in total. The highest BCUT2D eigenvalue weighted by Gasteiger charge is 2.43. The quantitative estimate of drug-likeness (QED) is 0.806. The molecule has 0 aliphatic carbocycles. The van der Waals surface area contributed by atoms with E-state index in [1.54, 1.807) is 7.11 Å². The van der Waals surface area contributed by atoms with Crippen LogP contribution in [0.3, 0.4) is 0 Å². The van der Waals surface area contributed by atoms with Crippen LogP contribution in [0.25, 0.3) is 10.9 Å². The number of aromatic nitrogens is 1. The molecule has 0 radical (unpaired) electrons. The largest absolute Gasteiger partial charge is 0.497 e. The van der Waals surface area contributed by atoms with E-state index in [4.69, 9.17) is 9.47 Å². The predicted octanol–water partition coefficient (Wildman–Crippen LogP) is 3.55. The van der Waals surface area contributed by atoms with Crippen molar-refractivity contribution in [2.75, 3.05) is 26.8 Å². The van der Waals surface area contributed by atoms with Crippen molar-refractivity contribution in [1.82, 2.24) is 15.2 Å². The van der Waals surface area contributed by atoms with Gasteiger partial charge in [-0.25, -0.2) is 4.79 Å². The van der Waals surface area contributed by atoms with Crippen molar-refractivity contribution in [3.63, 3.8) is 0 Å². The Hall–Kier alpha value is -2.21. The number of hydrogen-bond acceptors (Lipinski definition) is 3. The van der Waals surface area contributed by atoms with E-state index in [2.05, 4.69) is 22.4 Å². The summed E-state index contributed by atoms with van der Waals surface area (Å²) in [6.45, 7) is 8.12. The first-order valence-electron chi connectivity index (χ1n) is 9.71. The topological polar surface area (TPSA) is 66.6 Å². The van der Waals surface area contributed by atoms with Crippen molar-refractivity contribution in [2.45, 2.75) is 51.2 Å². The zero-order valence-corrected chi connectivity index (χ0v) is 16.6. The summed E-state index contributed by atoms with van der Waals surface area (Å²) in [7, 11) is 1.70. The molecule has 146 valence electrons. The lowest BCUT2D eigenvalue weighted by Crippen LogP contribution is -2.54. The number of H-pyrrole nitrogens is 1. The van der Waals surface area contributed by atoms with Crippen LogP contribution in [-0.4, -0.2) is 48.3 Å². The predicted molar refractivity (Wildman–Crippen MR) is 105 cm³/mol. The van der Waals surface area contributed by atoms with Gasteiger partial charge in [0.25, 0.3) is 0 Å². The SMILES string of the molecule is COc1ccc2[nH]c3c(c2c1)CCOC31CCN(C(=O)NC(C)(C)C)CC1. The molecule has 1 aromatic carbocycles. The van der Waals surface area contributed by atoms with Gasteiger partial charge in [-0.15, -0.1) is 0 Å². The van der Waals surface area contributed by atoms with E-state index in [0.29, 0.717) is 19.7 Å². The fraction of sp³-hybridized carbons (Fsp3) is 0.571. The van der Waals surface area contributed by atoms with Gasteiger partial charge >= 0.3 is 6.03 Å². The maximum atomic E-state index is 12.5. The number of carbonyl (C=O) groups is 1. The summed E-state index contributed by atoms with van der Waals surface area (Å²) in [5.74, 6) is 0.874. The zero-order valence-electron chi connectivity index (χ0n) is 16.6. The Morgan fingerprint density at radius 2 is 2.04 bits per heavy atom. The molecule has 27 heavy (non-hydrogen) atoms. The molecule has 0 unspecified atom stereocenters. The van der Waals surface area contributed by atoms with Gasteiger partial charge in [-0.2, -0.15) is 0 Å². The number of likely N-dealkylation sites (tertiary alicyclic amines) is 1. The Morgan fingerprint density at radius 1 is 1.30 bits per heavy atom. The second kappa shape index (κ2) is 6.44.